The van der Waals surface area contributed by atoms with E-state index in [0.717, 1.165) is 6.42 Å². The summed E-state index contributed by atoms with van der Waals surface area (Å²) in [6.45, 7) is 0.898. The van der Waals surface area contributed by atoms with Crippen molar-refractivity contribution in [2.45, 2.75) is 12.8 Å². The number of hydrogen-bond donors (Lipinski definition) is 2. The van der Waals surface area contributed by atoms with Gasteiger partial charge in [-0.05, 0) is 18.9 Å². The van der Waals surface area contributed by atoms with Crippen LogP contribution in [0.2, 0.25) is 0 Å². The molecule has 86 valence electrons. The van der Waals surface area contributed by atoms with Gasteiger partial charge in [0.05, 0.1) is 5.92 Å². The number of nitrogens with one attached hydrogen (secondary N) is 1. The molecule has 1 amide bonds. The molecule has 1 saturated heterocycles. The summed E-state index contributed by atoms with van der Waals surface area (Å²) in [4.78, 5) is 24.3. The monoisotopic (exact) mass is 223 g/mol. The molecule has 16 heavy (non-hydrogen) atoms. The highest BCUT2D eigenvalue weighted by Crippen LogP contribution is 2.18. The summed E-state index contributed by atoms with van der Waals surface area (Å²) < 4.78 is 0. The van der Waals surface area contributed by atoms with E-state index in [2.05, 4.69) is 10.2 Å². The van der Waals surface area contributed by atoms with Crippen molar-refractivity contribution in [3.05, 3.63) is 18.0 Å². The van der Waals surface area contributed by atoms with Crippen LogP contribution in [0.3, 0.4) is 0 Å². The van der Waals surface area contributed by atoms with Gasteiger partial charge in [0.1, 0.15) is 5.69 Å². The number of piperidine rings is 1. The summed E-state index contributed by atoms with van der Waals surface area (Å²) in [5.74, 6) is -1.45. The number of aromatic nitrogens is 2. The molecule has 1 aromatic heterocycles. The highest BCUT2D eigenvalue weighted by Gasteiger charge is 2.28. The molecule has 1 atom stereocenters. The lowest BCUT2D eigenvalue weighted by molar-refractivity contribution is -0.143. The number of carboxylic acids is 1. The highest BCUT2D eigenvalue weighted by atomic mass is 16.4. The number of aromatic amines is 1. The molecule has 0 bridgehead atoms. The molecule has 0 aromatic carbocycles. The van der Waals surface area contributed by atoms with Gasteiger partial charge in [-0.15, -0.1) is 0 Å². The van der Waals surface area contributed by atoms with Crippen molar-refractivity contribution < 1.29 is 14.7 Å². The van der Waals surface area contributed by atoms with Gasteiger partial charge in [-0.1, -0.05) is 0 Å². The summed E-state index contributed by atoms with van der Waals surface area (Å²) in [6.07, 6.45) is 2.88. The first-order chi connectivity index (χ1) is 7.68. The molecule has 0 aliphatic carbocycles. The molecular weight excluding hydrogens is 210 g/mol. The van der Waals surface area contributed by atoms with E-state index >= 15 is 0 Å². The number of nitrogens with zero attached hydrogens (tertiary/aromatic N) is 2. The van der Waals surface area contributed by atoms with Crippen molar-refractivity contribution in [2.75, 3.05) is 13.1 Å². The molecule has 1 unspecified atom stereocenters. The van der Waals surface area contributed by atoms with Crippen LogP contribution in [-0.4, -0.2) is 45.2 Å². The van der Waals surface area contributed by atoms with Gasteiger partial charge in [0.25, 0.3) is 5.91 Å². The molecule has 2 N–H and O–H groups in total. The summed E-state index contributed by atoms with van der Waals surface area (Å²) >= 11 is 0. The molecule has 0 radical (unpaired) electrons. The number of hydrogen-bond acceptors (Lipinski definition) is 3. The third-order valence-electron chi connectivity index (χ3n) is 2.79. The second kappa shape index (κ2) is 4.34. The lowest BCUT2D eigenvalue weighted by atomic mass is 9.98. The van der Waals surface area contributed by atoms with Crippen LogP contribution in [0.1, 0.15) is 23.3 Å². The smallest absolute Gasteiger partial charge is 0.308 e. The van der Waals surface area contributed by atoms with Gasteiger partial charge >= 0.3 is 5.97 Å². The normalized spacial score (nSPS) is 20.8. The van der Waals surface area contributed by atoms with Crippen LogP contribution >= 0.6 is 0 Å². The minimum Gasteiger partial charge on any atom is -0.481 e. The Kier molecular flexibility index (Phi) is 2.89. The van der Waals surface area contributed by atoms with Crippen molar-refractivity contribution in [1.82, 2.24) is 15.1 Å². The molecule has 1 aliphatic rings. The predicted molar refractivity (Wildman–Crippen MR) is 54.9 cm³/mol. The van der Waals surface area contributed by atoms with E-state index in [0.29, 0.717) is 18.7 Å². The Labute approximate surface area is 92.3 Å². The highest BCUT2D eigenvalue weighted by molar-refractivity contribution is 5.92. The minimum atomic E-state index is -0.831. The van der Waals surface area contributed by atoms with Gasteiger partial charge in [0.15, 0.2) is 0 Å². The number of carboxylic acid groups (broad SMARTS) is 1. The van der Waals surface area contributed by atoms with E-state index in [1.807, 2.05) is 0 Å². The molecular formula is C10H13N3O3. The minimum absolute atomic E-state index is 0.177. The van der Waals surface area contributed by atoms with Gasteiger partial charge in [-0.25, -0.2) is 0 Å². The van der Waals surface area contributed by atoms with Crippen LogP contribution < -0.4 is 0 Å². The van der Waals surface area contributed by atoms with Gasteiger partial charge < -0.3 is 10.0 Å². The van der Waals surface area contributed by atoms with E-state index in [4.69, 9.17) is 5.11 Å². The van der Waals surface area contributed by atoms with Crippen LogP contribution in [0.15, 0.2) is 12.3 Å². The van der Waals surface area contributed by atoms with Crippen LogP contribution in [0, 0.1) is 5.92 Å². The lowest BCUT2D eigenvalue weighted by Crippen LogP contribution is -2.42. The summed E-state index contributed by atoms with van der Waals surface area (Å²) in [6, 6.07) is 1.59. The number of carbonyl (C=O) groups is 2. The van der Waals surface area contributed by atoms with Crippen LogP contribution in [0.5, 0.6) is 0 Å². The molecule has 1 fully saturated rings. The SMILES string of the molecule is O=C(O)C1CCCN(C(=O)c2ccn[nH]2)C1. The summed E-state index contributed by atoms with van der Waals surface area (Å²) in [7, 11) is 0. The van der Waals surface area contributed by atoms with E-state index < -0.39 is 11.9 Å². The molecule has 2 heterocycles. The maximum absolute atomic E-state index is 11.9. The number of aliphatic carboxylic acids is 1. The molecule has 0 saturated carbocycles. The Morgan fingerprint density at radius 1 is 1.56 bits per heavy atom. The van der Waals surface area contributed by atoms with E-state index in [1.165, 1.54) is 6.20 Å². The zero-order valence-electron chi connectivity index (χ0n) is 8.72. The van der Waals surface area contributed by atoms with Crippen LogP contribution in [-0.2, 0) is 4.79 Å². The molecule has 0 spiro atoms. The van der Waals surface area contributed by atoms with E-state index in [1.54, 1.807) is 11.0 Å². The van der Waals surface area contributed by atoms with Crippen molar-refractivity contribution in [2.24, 2.45) is 5.92 Å². The molecule has 2 rings (SSSR count). The number of amides is 1. The van der Waals surface area contributed by atoms with Crippen molar-refractivity contribution in [3.63, 3.8) is 0 Å². The second-order valence-electron chi connectivity index (χ2n) is 3.90. The first-order valence-corrected chi connectivity index (χ1v) is 5.20. The summed E-state index contributed by atoms with van der Waals surface area (Å²) in [5, 5.41) is 15.2. The zero-order valence-corrected chi connectivity index (χ0v) is 8.72. The number of carbonyl (C=O) groups excluding carboxylic acids is 1. The quantitative estimate of drug-likeness (QED) is 0.757. The Hall–Kier alpha value is -1.85. The zero-order chi connectivity index (χ0) is 11.5. The standard InChI is InChI=1S/C10H13N3O3/c14-9(8-3-4-11-12-8)13-5-1-2-7(6-13)10(15)16/h3-4,7H,1-2,5-6H2,(H,11,12)(H,15,16). The largest absolute Gasteiger partial charge is 0.481 e. The topological polar surface area (TPSA) is 86.3 Å². The van der Waals surface area contributed by atoms with Gasteiger partial charge in [0.2, 0.25) is 0 Å². The summed E-state index contributed by atoms with van der Waals surface area (Å²) in [5.41, 5.74) is 0.408. The third-order valence-corrected chi connectivity index (χ3v) is 2.79. The maximum Gasteiger partial charge on any atom is 0.308 e. The fourth-order valence-corrected chi connectivity index (χ4v) is 1.91. The van der Waals surface area contributed by atoms with Crippen LogP contribution in [0.25, 0.3) is 0 Å². The van der Waals surface area contributed by atoms with Crippen LogP contribution in [0.4, 0.5) is 0 Å². The number of likely N-dealkylation sites (tertiary alicyclic amines) is 1. The Morgan fingerprint density at radius 2 is 2.38 bits per heavy atom. The fraction of sp³-hybridized carbons (Fsp3) is 0.500. The van der Waals surface area contributed by atoms with E-state index in [-0.39, 0.29) is 12.5 Å². The van der Waals surface area contributed by atoms with E-state index in [9.17, 15) is 9.59 Å². The van der Waals surface area contributed by atoms with Gasteiger partial charge in [-0.3, -0.25) is 14.7 Å². The average molecular weight is 223 g/mol. The van der Waals surface area contributed by atoms with Crippen molar-refractivity contribution >= 4 is 11.9 Å². The molecule has 6 nitrogen and oxygen atoms in total. The van der Waals surface area contributed by atoms with Gasteiger partial charge in [0, 0.05) is 19.3 Å². The van der Waals surface area contributed by atoms with Crippen molar-refractivity contribution in [1.29, 1.82) is 0 Å². The lowest BCUT2D eigenvalue weighted by Gasteiger charge is -2.30. The Balaban J connectivity index is 2.05. The first kappa shape index (κ1) is 10.7. The number of H-pyrrole nitrogens is 1. The molecule has 1 aromatic rings. The number of rotatable bonds is 2. The molecule has 6 heteroatoms. The Bertz CT molecular complexity index is 388. The molecule has 1 aliphatic heterocycles. The van der Waals surface area contributed by atoms with Crippen molar-refractivity contribution in [3.8, 4) is 0 Å². The average Bonchev–Trinajstić information content (AvgIpc) is 2.81. The first-order valence-electron chi connectivity index (χ1n) is 5.20. The Morgan fingerprint density at radius 3 is 3.00 bits per heavy atom. The van der Waals surface area contributed by atoms with Gasteiger partial charge in [-0.2, -0.15) is 5.10 Å². The third kappa shape index (κ3) is 2.05. The fourth-order valence-electron chi connectivity index (χ4n) is 1.91. The maximum atomic E-state index is 11.9. The predicted octanol–water partition coefficient (Wildman–Crippen LogP) is 0.347. The second-order valence-corrected chi connectivity index (χ2v) is 3.90.